The van der Waals surface area contributed by atoms with Gasteiger partial charge in [-0.05, 0) is 42.3 Å². The molecule has 0 saturated carbocycles. The predicted molar refractivity (Wildman–Crippen MR) is 107 cm³/mol. The van der Waals surface area contributed by atoms with Gasteiger partial charge in [0.25, 0.3) is 0 Å². The SMILES string of the molecule is O=C(NC[C@@H](c1ccco1)N1CCc2ccccc21)C(=O)Nc1cc(F)ccc1F. The molecular weight excluding hydrogens is 392 g/mol. The quantitative estimate of drug-likeness (QED) is 0.631. The molecule has 0 saturated heterocycles. The topological polar surface area (TPSA) is 74.6 Å². The van der Waals surface area contributed by atoms with Crippen molar-refractivity contribution in [1.29, 1.82) is 0 Å². The Balaban J connectivity index is 1.46. The highest BCUT2D eigenvalue weighted by Crippen LogP contribution is 2.34. The highest BCUT2D eigenvalue weighted by molar-refractivity contribution is 6.39. The number of furan rings is 1. The number of para-hydroxylation sites is 1. The molecule has 2 N–H and O–H groups in total. The summed E-state index contributed by atoms with van der Waals surface area (Å²) in [5, 5.41) is 4.66. The maximum absolute atomic E-state index is 13.7. The molecule has 0 unspecified atom stereocenters. The van der Waals surface area contributed by atoms with Crippen molar-refractivity contribution in [3.63, 3.8) is 0 Å². The zero-order valence-corrected chi connectivity index (χ0v) is 15.9. The molecule has 2 amide bonds. The minimum absolute atomic E-state index is 0.0970. The molecule has 1 atom stereocenters. The molecule has 1 aliphatic rings. The molecule has 1 aliphatic heterocycles. The predicted octanol–water partition coefficient (Wildman–Crippen LogP) is 3.42. The molecule has 1 aromatic heterocycles. The molecule has 0 bridgehead atoms. The lowest BCUT2D eigenvalue weighted by molar-refractivity contribution is -0.136. The smallest absolute Gasteiger partial charge is 0.313 e. The molecule has 4 rings (SSSR count). The Morgan fingerprint density at radius 1 is 1.07 bits per heavy atom. The lowest BCUT2D eigenvalue weighted by Crippen LogP contribution is -2.41. The van der Waals surface area contributed by atoms with Gasteiger partial charge in [-0.1, -0.05) is 18.2 Å². The maximum atomic E-state index is 13.7. The number of rotatable bonds is 5. The van der Waals surface area contributed by atoms with Crippen LogP contribution in [-0.4, -0.2) is 24.9 Å². The van der Waals surface area contributed by atoms with Gasteiger partial charge in [-0.15, -0.1) is 0 Å². The number of halogens is 2. The minimum Gasteiger partial charge on any atom is -0.467 e. The first-order chi connectivity index (χ1) is 14.5. The van der Waals surface area contributed by atoms with Crippen molar-refractivity contribution in [2.45, 2.75) is 12.5 Å². The minimum atomic E-state index is -1.08. The van der Waals surface area contributed by atoms with Crippen molar-refractivity contribution in [3.05, 3.63) is 83.8 Å². The number of nitrogens with zero attached hydrogens (tertiary/aromatic N) is 1. The largest absolute Gasteiger partial charge is 0.467 e. The van der Waals surface area contributed by atoms with E-state index in [1.165, 1.54) is 5.56 Å². The Hall–Kier alpha value is -3.68. The first kappa shape index (κ1) is 19.6. The summed E-state index contributed by atoms with van der Waals surface area (Å²) in [6, 6.07) is 13.8. The van der Waals surface area contributed by atoms with E-state index in [2.05, 4.69) is 15.5 Å². The summed E-state index contributed by atoms with van der Waals surface area (Å²) in [4.78, 5) is 26.5. The van der Waals surface area contributed by atoms with Crippen molar-refractivity contribution in [2.24, 2.45) is 0 Å². The molecule has 154 valence electrons. The Labute approximate surface area is 171 Å². The summed E-state index contributed by atoms with van der Waals surface area (Å²) in [6.45, 7) is 0.834. The van der Waals surface area contributed by atoms with Crippen molar-refractivity contribution in [2.75, 3.05) is 23.3 Å². The number of carbonyl (C=O) groups is 2. The van der Waals surface area contributed by atoms with Crippen LogP contribution < -0.4 is 15.5 Å². The van der Waals surface area contributed by atoms with Gasteiger partial charge in [0.15, 0.2) is 0 Å². The van der Waals surface area contributed by atoms with Crippen molar-refractivity contribution in [3.8, 4) is 0 Å². The number of fused-ring (bicyclic) bond motifs is 1. The fraction of sp³-hybridized carbons (Fsp3) is 0.182. The number of nitrogens with one attached hydrogen (secondary N) is 2. The zero-order chi connectivity index (χ0) is 21.1. The number of hydrogen-bond donors (Lipinski definition) is 2. The number of hydrogen-bond acceptors (Lipinski definition) is 4. The number of amides is 2. The molecule has 6 nitrogen and oxygen atoms in total. The van der Waals surface area contributed by atoms with Crippen LogP contribution in [0.2, 0.25) is 0 Å². The van der Waals surface area contributed by atoms with E-state index < -0.39 is 29.1 Å². The van der Waals surface area contributed by atoms with E-state index in [1.807, 2.05) is 24.3 Å². The third kappa shape index (κ3) is 4.03. The summed E-state index contributed by atoms with van der Waals surface area (Å²) in [6.07, 6.45) is 2.41. The summed E-state index contributed by atoms with van der Waals surface area (Å²) in [5.41, 5.74) is 1.84. The molecule has 3 aromatic rings. The standard InChI is InChI=1S/C22H19F2N3O3/c23-15-7-8-16(24)17(12-15)26-22(29)21(28)25-13-19(20-6-3-11-30-20)27-10-9-14-4-1-2-5-18(14)27/h1-8,11-12,19H,9-10,13H2,(H,25,28)(H,26,29)/t19-/m0/s1. The van der Waals surface area contributed by atoms with Crippen molar-refractivity contribution in [1.82, 2.24) is 5.32 Å². The third-order valence-corrected chi connectivity index (χ3v) is 5.01. The van der Waals surface area contributed by atoms with Gasteiger partial charge in [0.2, 0.25) is 0 Å². The second kappa shape index (κ2) is 8.36. The van der Waals surface area contributed by atoms with Crippen LogP contribution in [0.5, 0.6) is 0 Å². The molecule has 8 heteroatoms. The van der Waals surface area contributed by atoms with E-state index in [-0.39, 0.29) is 12.6 Å². The van der Waals surface area contributed by atoms with Crippen molar-refractivity contribution >= 4 is 23.2 Å². The normalized spacial score (nSPS) is 13.6. The average Bonchev–Trinajstić information content (AvgIpc) is 3.41. The Kier molecular flexibility index (Phi) is 5.47. The van der Waals surface area contributed by atoms with Crippen LogP contribution >= 0.6 is 0 Å². The van der Waals surface area contributed by atoms with Crippen LogP contribution in [0, 0.1) is 11.6 Å². The van der Waals surface area contributed by atoms with Crippen LogP contribution in [0.3, 0.4) is 0 Å². The highest BCUT2D eigenvalue weighted by Gasteiger charge is 2.29. The monoisotopic (exact) mass is 411 g/mol. The highest BCUT2D eigenvalue weighted by atomic mass is 19.1. The molecule has 30 heavy (non-hydrogen) atoms. The second-order valence-corrected chi connectivity index (χ2v) is 6.89. The number of carbonyl (C=O) groups excluding carboxylic acids is 2. The van der Waals surface area contributed by atoms with Gasteiger partial charge in [-0.3, -0.25) is 9.59 Å². The van der Waals surface area contributed by atoms with Crippen LogP contribution in [0.4, 0.5) is 20.2 Å². The van der Waals surface area contributed by atoms with Gasteiger partial charge in [0.1, 0.15) is 23.4 Å². The summed E-state index contributed by atoms with van der Waals surface area (Å²) in [7, 11) is 0. The third-order valence-electron chi connectivity index (χ3n) is 5.01. The fourth-order valence-electron chi connectivity index (χ4n) is 3.57. The lowest BCUT2D eigenvalue weighted by Gasteiger charge is -2.29. The van der Waals surface area contributed by atoms with Crippen molar-refractivity contribution < 1.29 is 22.8 Å². The lowest BCUT2D eigenvalue weighted by atomic mass is 10.1. The van der Waals surface area contributed by atoms with E-state index >= 15 is 0 Å². The van der Waals surface area contributed by atoms with Gasteiger partial charge in [0, 0.05) is 24.8 Å². The zero-order valence-electron chi connectivity index (χ0n) is 15.9. The molecular formula is C22H19F2N3O3. The molecule has 0 fully saturated rings. The summed E-state index contributed by atoms with van der Waals surface area (Å²) in [5.74, 6) is -2.96. The first-order valence-electron chi connectivity index (χ1n) is 9.45. The summed E-state index contributed by atoms with van der Waals surface area (Å²) < 4.78 is 32.5. The Bertz CT molecular complexity index is 1070. The van der Waals surface area contributed by atoms with Gasteiger partial charge in [-0.25, -0.2) is 8.78 Å². The van der Waals surface area contributed by atoms with Crippen LogP contribution in [0.15, 0.2) is 65.3 Å². The van der Waals surface area contributed by atoms with Crippen LogP contribution in [0.25, 0.3) is 0 Å². The van der Waals surface area contributed by atoms with Gasteiger partial charge < -0.3 is 20.0 Å². The molecule has 0 spiro atoms. The molecule has 2 aromatic carbocycles. The van der Waals surface area contributed by atoms with Gasteiger partial charge >= 0.3 is 11.8 Å². The fourth-order valence-corrected chi connectivity index (χ4v) is 3.57. The Morgan fingerprint density at radius 3 is 2.70 bits per heavy atom. The second-order valence-electron chi connectivity index (χ2n) is 6.89. The molecule has 2 heterocycles. The van der Waals surface area contributed by atoms with E-state index in [4.69, 9.17) is 4.42 Å². The van der Waals surface area contributed by atoms with Crippen LogP contribution in [-0.2, 0) is 16.0 Å². The van der Waals surface area contributed by atoms with E-state index in [0.29, 0.717) is 5.76 Å². The van der Waals surface area contributed by atoms with Gasteiger partial charge in [-0.2, -0.15) is 0 Å². The van der Waals surface area contributed by atoms with E-state index in [9.17, 15) is 18.4 Å². The molecule has 0 radical (unpaired) electrons. The van der Waals surface area contributed by atoms with E-state index in [1.54, 1.807) is 18.4 Å². The van der Waals surface area contributed by atoms with Crippen LogP contribution in [0.1, 0.15) is 17.4 Å². The summed E-state index contributed by atoms with van der Waals surface area (Å²) >= 11 is 0. The average molecular weight is 411 g/mol. The maximum Gasteiger partial charge on any atom is 0.313 e. The number of benzene rings is 2. The Morgan fingerprint density at radius 2 is 1.90 bits per heavy atom. The number of anilines is 2. The van der Waals surface area contributed by atoms with E-state index in [0.717, 1.165) is 36.9 Å². The van der Waals surface area contributed by atoms with Gasteiger partial charge in [0.05, 0.1) is 12.0 Å². The molecule has 0 aliphatic carbocycles. The first-order valence-corrected chi connectivity index (χ1v) is 9.45.